The summed E-state index contributed by atoms with van der Waals surface area (Å²) < 4.78 is 10.2. The normalized spacial score (nSPS) is 10.2. The number of ether oxygens (including phenoxy) is 2. The highest BCUT2D eigenvalue weighted by atomic mass is 79.9. The van der Waals surface area contributed by atoms with Gasteiger partial charge >= 0.3 is 5.97 Å². The molecule has 20 heavy (non-hydrogen) atoms. The highest BCUT2D eigenvalue weighted by Gasteiger charge is 2.17. The zero-order valence-electron chi connectivity index (χ0n) is 11.5. The highest BCUT2D eigenvalue weighted by Crippen LogP contribution is 2.11. The average molecular weight is 345 g/mol. The summed E-state index contributed by atoms with van der Waals surface area (Å²) in [6.07, 6.45) is 1.70. The average Bonchev–Trinajstić information content (AvgIpc) is 2.46. The molecule has 0 N–H and O–H groups in total. The standard InChI is InChI=1S/C13H17BrN2O4/c1-19-8-7-16(6-4-12(17)20-2)13(18)10-3-5-15-11(14)9-10/h3,5,9H,4,6-8H2,1-2H3. The predicted molar refractivity (Wildman–Crippen MR) is 76.3 cm³/mol. The van der Waals surface area contributed by atoms with Gasteiger partial charge in [0.25, 0.3) is 5.91 Å². The Kier molecular flexibility index (Phi) is 7.17. The smallest absolute Gasteiger partial charge is 0.307 e. The summed E-state index contributed by atoms with van der Waals surface area (Å²) in [6.45, 7) is 1.10. The van der Waals surface area contributed by atoms with E-state index < -0.39 is 0 Å². The van der Waals surface area contributed by atoms with E-state index in [0.29, 0.717) is 23.3 Å². The van der Waals surface area contributed by atoms with E-state index in [1.807, 2.05) is 0 Å². The lowest BCUT2D eigenvalue weighted by Crippen LogP contribution is -2.35. The number of aromatic nitrogens is 1. The van der Waals surface area contributed by atoms with Crippen molar-refractivity contribution < 1.29 is 19.1 Å². The number of esters is 1. The molecule has 1 aromatic rings. The molecule has 0 aromatic carbocycles. The Balaban J connectivity index is 2.75. The summed E-state index contributed by atoms with van der Waals surface area (Å²) in [5.74, 6) is -0.523. The number of hydrogen-bond acceptors (Lipinski definition) is 5. The van der Waals surface area contributed by atoms with Gasteiger partial charge in [-0.1, -0.05) is 0 Å². The van der Waals surface area contributed by atoms with Gasteiger partial charge in [0.1, 0.15) is 4.60 Å². The lowest BCUT2D eigenvalue weighted by molar-refractivity contribution is -0.140. The topological polar surface area (TPSA) is 68.7 Å². The van der Waals surface area contributed by atoms with E-state index >= 15 is 0 Å². The molecule has 0 saturated carbocycles. The largest absolute Gasteiger partial charge is 0.469 e. The molecule has 1 rings (SSSR count). The van der Waals surface area contributed by atoms with Crippen LogP contribution < -0.4 is 0 Å². The number of nitrogens with zero attached hydrogens (tertiary/aromatic N) is 2. The predicted octanol–water partition coefficient (Wildman–Crippen LogP) is 1.50. The fraction of sp³-hybridized carbons (Fsp3) is 0.462. The van der Waals surface area contributed by atoms with Crippen LogP contribution in [-0.2, 0) is 14.3 Å². The van der Waals surface area contributed by atoms with Crippen molar-refractivity contribution in [3.05, 3.63) is 28.5 Å². The minimum Gasteiger partial charge on any atom is -0.469 e. The van der Waals surface area contributed by atoms with Gasteiger partial charge in [-0.3, -0.25) is 9.59 Å². The first-order valence-electron chi connectivity index (χ1n) is 6.05. The van der Waals surface area contributed by atoms with Crippen molar-refractivity contribution in [2.75, 3.05) is 33.9 Å². The van der Waals surface area contributed by atoms with E-state index in [0.717, 1.165) is 0 Å². The molecule has 1 aromatic heterocycles. The second-order valence-electron chi connectivity index (χ2n) is 3.98. The third kappa shape index (κ3) is 5.26. The highest BCUT2D eigenvalue weighted by molar-refractivity contribution is 9.10. The first-order chi connectivity index (χ1) is 9.58. The number of methoxy groups -OCH3 is 2. The lowest BCUT2D eigenvalue weighted by atomic mass is 10.2. The maximum atomic E-state index is 12.4. The molecule has 1 heterocycles. The van der Waals surface area contributed by atoms with Gasteiger partial charge in [0.15, 0.2) is 0 Å². The van der Waals surface area contributed by atoms with Gasteiger partial charge in [0, 0.05) is 32.0 Å². The summed E-state index contributed by atoms with van der Waals surface area (Å²) >= 11 is 3.22. The number of hydrogen-bond donors (Lipinski definition) is 0. The zero-order chi connectivity index (χ0) is 15.0. The van der Waals surface area contributed by atoms with Crippen LogP contribution in [0, 0.1) is 0 Å². The Morgan fingerprint density at radius 1 is 1.35 bits per heavy atom. The van der Waals surface area contributed by atoms with Crippen molar-refractivity contribution in [3.8, 4) is 0 Å². The lowest BCUT2D eigenvalue weighted by Gasteiger charge is -2.22. The van der Waals surface area contributed by atoms with Crippen LogP contribution in [0.5, 0.6) is 0 Å². The quantitative estimate of drug-likeness (QED) is 0.553. The Labute approximate surface area is 126 Å². The van der Waals surface area contributed by atoms with Crippen LogP contribution >= 0.6 is 15.9 Å². The van der Waals surface area contributed by atoms with E-state index in [2.05, 4.69) is 25.7 Å². The Morgan fingerprint density at radius 3 is 2.70 bits per heavy atom. The molecular weight excluding hydrogens is 328 g/mol. The summed E-state index contributed by atoms with van der Waals surface area (Å²) in [5.41, 5.74) is 0.507. The van der Waals surface area contributed by atoms with Crippen LogP contribution in [0.3, 0.4) is 0 Å². The molecule has 0 aliphatic heterocycles. The fourth-order valence-electron chi connectivity index (χ4n) is 1.56. The minimum absolute atomic E-state index is 0.151. The van der Waals surface area contributed by atoms with Crippen LogP contribution in [0.15, 0.2) is 22.9 Å². The van der Waals surface area contributed by atoms with E-state index in [1.165, 1.54) is 7.11 Å². The minimum atomic E-state index is -0.351. The molecule has 6 nitrogen and oxygen atoms in total. The van der Waals surface area contributed by atoms with Crippen molar-refractivity contribution in [2.24, 2.45) is 0 Å². The molecule has 1 amide bonds. The van der Waals surface area contributed by atoms with E-state index in [4.69, 9.17) is 4.74 Å². The van der Waals surface area contributed by atoms with Crippen LogP contribution in [0.2, 0.25) is 0 Å². The maximum Gasteiger partial charge on any atom is 0.307 e. The SMILES string of the molecule is COCCN(CCC(=O)OC)C(=O)c1ccnc(Br)c1. The van der Waals surface area contributed by atoms with Crippen molar-refractivity contribution in [2.45, 2.75) is 6.42 Å². The summed E-state index contributed by atoms with van der Waals surface area (Å²) in [7, 11) is 2.88. The van der Waals surface area contributed by atoms with Crippen LogP contribution in [0.25, 0.3) is 0 Å². The Bertz CT molecular complexity index is 467. The van der Waals surface area contributed by atoms with Crippen LogP contribution in [-0.4, -0.2) is 55.7 Å². The maximum absolute atomic E-state index is 12.4. The van der Waals surface area contributed by atoms with E-state index in [1.54, 1.807) is 30.3 Å². The summed E-state index contributed by atoms with van der Waals surface area (Å²) in [4.78, 5) is 29.1. The molecule has 0 bridgehead atoms. The zero-order valence-corrected chi connectivity index (χ0v) is 13.1. The number of rotatable bonds is 7. The molecule has 0 aliphatic carbocycles. The summed E-state index contributed by atoms with van der Waals surface area (Å²) in [5, 5.41) is 0. The van der Waals surface area contributed by atoms with Gasteiger partial charge < -0.3 is 14.4 Å². The number of carbonyl (C=O) groups is 2. The number of carbonyl (C=O) groups excluding carboxylic acids is 2. The van der Waals surface area contributed by atoms with Gasteiger partial charge in [-0.05, 0) is 28.1 Å². The molecule has 0 fully saturated rings. The van der Waals surface area contributed by atoms with Gasteiger partial charge in [-0.2, -0.15) is 0 Å². The monoisotopic (exact) mass is 344 g/mol. The van der Waals surface area contributed by atoms with Crippen LogP contribution in [0.4, 0.5) is 0 Å². The molecule has 0 aliphatic rings. The van der Waals surface area contributed by atoms with E-state index in [-0.39, 0.29) is 24.8 Å². The van der Waals surface area contributed by atoms with Gasteiger partial charge in [0.05, 0.1) is 20.1 Å². The number of halogens is 1. The van der Waals surface area contributed by atoms with Crippen molar-refractivity contribution in [1.82, 2.24) is 9.88 Å². The van der Waals surface area contributed by atoms with Gasteiger partial charge in [0.2, 0.25) is 0 Å². The Morgan fingerprint density at radius 2 is 2.10 bits per heavy atom. The van der Waals surface area contributed by atoms with Gasteiger partial charge in [-0.15, -0.1) is 0 Å². The molecule has 0 unspecified atom stereocenters. The molecule has 0 spiro atoms. The molecule has 0 saturated heterocycles. The molecule has 7 heteroatoms. The second-order valence-corrected chi connectivity index (χ2v) is 4.79. The number of amides is 1. The van der Waals surface area contributed by atoms with Gasteiger partial charge in [-0.25, -0.2) is 4.98 Å². The molecule has 110 valence electrons. The Hall–Kier alpha value is -1.47. The van der Waals surface area contributed by atoms with E-state index in [9.17, 15) is 9.59 Å². The first-order valence-corrected chi connectivity index (χ1v) is 6.84. The number of pyridine rings is 1. The third-order valence-electron chi connectivity index (χ3n) is 2.64. The fourth-order valence-corrected chi connectivity index (χ4v) is 1.93. The first kappa shape index (κ1) is 16.6. The molecule has 0 radical (unpaired) electrons. The van der Waals surface area contributed by atoms with Crippen LogP contribution in [0.1, 0.15) is 16.8 Å². The molecular formula is C13H17BrN2O4. The van der Waals surface area contributed by atoms with Crippen molar-refractivity contribution >= 4 is 27.8 Å². The van der Waals surface area contributed by atoms with Crippen molar-refractivity contribution in [3.63, 3.8) is 0 Å². The molecule has 0 atom stereocenters. The summed E-state index contributed by atoms with van der Waals surface area (Å²) in [6, 6.07) is 3.27. The third-order valence-corrected chi connectivity index (χ3v) is 3.07. The second kappa shape index (κ2) is 8.65. The van der Waals surface area contributed by atoms with Crippen molar-refractivity contribution in [1.29, 1.82) is 0 Å².